The lowest BCUT2D eigenvalue weighted by molar-refractivity contribution is -0.120. The van der Waals surface area contributed by atoms with Crippen LogP contribution in [0.5, 0.6) is 11.8 Å². The molecule has 1 aromatic carbocycles. The molecule has 32 heavy (non-hydrogen) atoms. The minimum atomic E-state index is -4.76. The Morgan fingerprint density at radius 2 is 1.75 bits per heavy atom. The molecule has 0 aliphatic heterocycles. The molecule has 3 rings (SSSR count). The van der Waals surface area contributed by atoms with Crippen molar-refractivity contribution in [2.75, 3.05) is 13.1 Å². The predicted molar refractivity (Wildman–Crippen MR) is 111 cm³/mol. The Bertz CT molecular complexity index is 1160. The number of phosphoric ester groups is 1. The molecule has 0 bridgehead atoms. The van der Waals surface area contributed by atoms with Gasteiger partial charge in [-0.3, -0.25) is 19.4 Å². The van der Waals surface area contributed by atoms with Crippen molar-refractivity contribution in [3.8, 4) is 11.8 Å². The Morgan fingerprint density at radius 3 is 2.44 bits per heavy atom. The second kappa shape index (κ2) is 10.2. The molecule has 2 amide bonds. The van der Waals surface area contributed by atoms with Gasteiger partial charge < -0.3 is 24.3 Å². The topological polar surface area (TPSA) is 173 Å². The van der Waals surface area contributed by atoms with Crippen LogP contribution >= 0.6 is 7.82 Å². The first-order valence-electron chi connectivity index (χ1n) is 9.53. The smallest absolute Gasteiger partial charge is 0.468 e. The van der Waals surface area contributed by atoms with E-state index in [1.54, 1.807) is 31.2 Å². The number of benzene rings is 1. The van der Waals surface area contributed by atoms with Crippen molar-refractivity contribution in [3.05, 3.63) is 47.9 Å². The molecule has 170 valence electrons. The highest BCUT2D eigenvalue weighted by Gasteiger charge is 2.20. The number of nitrogens with one attached hydrogen (secondary N) is 2. The van der Waals surface area contributed by atoms with Crippen molar-refractivity contribution in [2.24, 2.45) is 0 Å². The van der Waals surface area contributed by atoms with Crippen LogP contribution in [0.3, 0.4) is 0 Å². The van der Waals surface area contributed by atoms with E-state index in [1.807, 2.05) is 0 Å². The van der Waals surface area contributed by atoms with E-state index in [1.165, 1.54) is 12.1 Å². The van der Waals surface area contributed by atoms with E-state index in [-0.39, 0.29) is 48.9 Å². The lowest BCUT2D eigenvalue weighted by atomic mass is 10.3. The summed E-state index contributed by atoms with van der Waals surface area (Å²) in [5.41, 5.74) is 0.919. The maximum Gasteiger partial charge on any atom is 0.527 e. The van der Waals surface area contributed by atoms with E-state index < -0.39 is 13.7 Å². The second-order valence-electron chi connectivity index (χ2n) is 6.42. The standard InChI is InChI=1S/C19H21N4O8P/c1-2-15(24)20-9-10-21-18(25)17-19(23-14-6-4-3-5-13(14)22-17)29-11-12-7-8-16(30-12)31-32(26,27)28/h3-8H,2,9-11H2,1H3,(H,20,24)(H,21,25)(H2,26,27,28). The average molecular weight is 464 g/mol. The van der Waals surface area contributed by atoms with Gasteiger partial charge in [0.05, 0.1) is 11.0 Å². The third-order valence-electron chi connectivity index (χ3n) is 4.00. The number of carbonyl (C=O) groups excluding carboxylic acids is 2. The maximum atomic E-state index is 12.7. The number of amides is 2. The van der Waals surface area contributed by atoms with Gasteiger partial charge in [0, 0.05) is 25.6 Å². The van der Waals surface area contributed by atoms with Crippen molar-refractivity contribution in [3.63, 3.8) is 0 Å². The molecule has 0 fully saturated rings. The van der Waals surface area contributed by atoms with Gasteiger partial charge in [-0.05, 0) is 18.2 Å². The normalized spacial score (nSPS) is 11.2. The van der Waals surface area contributed by atoms with Crippen LogP contribution in [0.15, 0.2) is 40.8 Å². The molecule has 13 heteroatoms. The van der Waals surface area contributed by atoms with Crippen molar-refractivity contribution >= 4 is 30.7 Å². The molecule has 2 heterocycles. The minimum absolute atomic E-state index is 0.0624. The van der Waals surface area contributed by atoms with Gasteiger partial charge in [0.1, 0.15) is 12.4 Å². The second-order valence-corrected chi connectivity index (χ2v) is 7.58. The van der Waals surface area contributed by atoms with Crippen molar-refractivity contribution in [2.45, 2.75) is 20.0 Å². The van der Waals surface area contributed by atoms with Crippen LogP contribution in [0.25, 0.3) is 11.0 Å². The summed E-state index contributed by atoms with van der Waals surface area (Å²) in [6, 6.07) is 9.54. The van der Waals surface area contributed by atoms with Crippen LogP contribution in [-0.4, -0.2) is 44.7 Å². The summed E-state index contributed by atoms with van der Waals surface area (Å²) in [5, 5.41) is 5.29. The van der Waals surface area contributed by atoms with E-state index in [0.29, 0.717) is 17.5 Å². The molecular formula is C19H21N4O8P. The molecule has 0 spiro atoms. The van der Waals surface area contributed by atoms with E-state index in [9.17, 15) is 14.2 Å². The van der Waals surface area contributed by atoms with Crippen LogP contribution in [-0.2, 0) is 16.0 Å². The molecule has 0 atom stereocenters. The number of ether oxygens (including phenoxy) is 1. The highest BCUT2D eigenvalue weighted by molar-refractivity contribution is 7.46. The molecule has 0 saturated carbocycles. The van der Waals surface area contributed by atoms with Crippen LogP contribution in [0, 0.1) is 0 Å². The molecular weight excluding hydrogens is 443 g/mol. The molecule has 12 nitrogen and oxygen atoms in total. The van der Waals surface area contributed by atoms with E-state index in [4.69, 9.17) is 18.9 Å². The summed E-state index contributed by atoms with van der Waals surface area (Å²) >= 11 is 0. The van der Waals surface area contributed by atoms with Gasteiger partial charge in [-0.1, -0.05) is 19.1 Å². The number of furan rings is 1. The van der Waals surface area contributed by atoms with Crippen molar-refractivity contribution in [1.82, 2.24) is 20.6 Å². The Hall–Kier alpha value is -3.47. The number of aromatic nitrogens is 2. The summed E-state index contributed by atoms with van der Waals surface area (Å²) in [7, 11) is -4.76. The number of fused-ring (bicyclic) bond motifs is 1. The summed E-state index contributed by atoms with van der Waals surface area (Å²) in [4.78, 5) is 50.3. The van der Waals surface area contributed by atoms with Crippen LogP contribution in [0.4, 0.5) is 0 Å². The fourth-order valence-electron chi connectivity index (χ4n) is 2.56. The first kappa shape index (κ1) is 23.2. The van der Waals surface area contributed by atoms with Gasteiger partial charge in [-0.25, -0.2) is 14.5 Å². The zero-order valence-electron chi connectivity index (χ0n) is 17.0. The van der Waals surface area contributed by atoms with Crippen molar-refractivity contribution in [1.29, 1.82) is 0 Å². The predicted octanol–water partition coefficient (Wildman–Crippen LogP) is 1.53. The fourth-order valence-corrected chi connectivity index (χ4v) is 2.89. The van der Waals surface area contributed by atoms with Gasteiger partial charge in [-0.2, -0.15) is 0 Å². The molecule has 4 N–H and O–H groups in total. The molecule has 0 saturated heterocycles. The Morgan fingerprint density at radius 1 is 1.06 bits per heavy atom. The highest BCUT2D eigenvalue weighted by Crippen LogP contribution is 2.38. The molecule has 0 aliphatic rings. The van der Waals surface area contributed by atoms with E-state index in [0.717, 1.165) is 0 Å². The first-order valence-corrected chi connectivity index (χ1v) is 11.1. The number of rotatable bonds is 10. The van der Waals surface area contributed by atoms with Gasteiger partial charge in [0.15, 0.2) is 5.69 Å². The van der Waals surface area contributed by atoms with Gasteiger partial charge in [-0.15, -0.1) is 0 Å². The number of para-hydroxylation sites is 2. The molecule has 0 radical (unpaired) electrons. The van der Waals surface area contributed by atoms with Crippen molar-refractivity contribution < 1.29 is 37.6 Å². The lowest BCUT2D eigenvalue weighted by Crippen LogP contribution is -2.35. The Labute approximate surface area is 182 Å². The number of nitrogens with zero attached hydrogens (tertiary/aromatic N) is 2. The molecule has 2 aromatic heterocycles. The Balaban J connectivity index is 1.74. The van der Waals surface area contributed by atoms with Crippen LogP contribution in [0.1, 0.15) is 29.6 Å². The lowest BCUT2D eigenvalue weighted by Gasteiger charge is -2.11. The van der Waals surface area contributed by atoms with Gasteiger partial charge in [0.25, 0.3) is 11.9 Å². The maximum absolute atomic E-state index is 12.7. The number of carbonyl (C=O) groups is 2. The van der Waals surface area contributed by atoms with E-state index >= 15 is 0 Å². The average Bonchev–Trinajstić information content (AvgIpc) is 3.19. The summed E-state index contributed by atoms with van der Waals surface area (Å²) in [6.07, 6.45) is 0.343. The Kier molecular flexibility index (Phi) is 7.41. The van der Waals surface area contributed by atoms with Crippen LogP contribution in [0.2, 0.25) is 0 Å². The third kappa shape index (κ3) is 6.51. The molecule has 3 aromatic rings. The molecule has 0 aliphatic carbocycles. The number of hydrogen-bond acceptors (Lipinski definition) is 8. The third-order valence-corrected chi connectivity index (χ3v) is 4.42. The zero-order chi connectivity index (χ0) is 23.1. The summed E-state index contributed by atoms with van der Waals surface area (Å²) in [6.45, 7) is 1.96. The zero-order valence-corrected chi connectivity index (χ0v) is 17.9. The molecule has 0 unspecified atom stereocenters. The SMILES string of the molecule is CCC(=O)NCCNC(=O)c1nc2ccccc2nc1OCc1ccc(OP(=O)(O)O)o1. The monoisotopic (exact) mass is 464 g/mol. The number of hydrogen-bond donors (Lipinski definition) is 4. The largest absolute Gasteiger partial charge is 0.527 e. The quantitative estimate of drug-likeness (QED) is 0.254. The fraction of sp³-hybridized carbons (Fsp3) is 0.263. The highest BCUT2D eigenvalue weighted by atomic mass is 31.2. The van der Waals surface area contributed by atoms with E-state index in [2.05, 4.69) is 25.1 Å². The summed E-state index contributed by atoms with van der Waals surface area (Å²) < 4.78 is 26.0. The van der Waals surface area contributed by atoms with Gasteiger partial charge >= 0.3 is 7.82 Å². The van der Waals surface area contributed by atoms with Gasteiger partial charge in [0.2, 0.25) is 11.8 Å². The number of phosphoric acid groups is 1. The minimum Gasteiger partial charge on any atom is -0.468 e. The van der Waals surface area contributed by atoms with Crippen LogP contribution < -0.4 is 19.9 Å². The summed E-state index contributed by atoms with van der Waals surface area (Å²) in [5.74, 6) is -0.943. The first-order chi connectivity index (χ1) is 15.2.